The SMILES string of the molecule is CN(C)/C=C\N=C\C(=O)/C=C/c1ccc(CC=O)cc1. The minimum Gasteiger partial charge on any atom is -0.382 e. The molecule has 0 aliphatic rings. The Bertz CT molecular complexity index is 526. The maximum atomic E-state index is 11.5. The lowest BCUT2D eigenvalue weighted by atomic mass is 10.1. The van der Waals surface area contributed by atoms with E-state index in [-0.39, 0.29) is 5.78 Å². The molecule has 0 heterocycles. The first-order valence-electron chi connectivity index (χ1n) is 6.22. The normalized spacial score (nSPS) is 11.5. The van der Waals surface area contributed by atoms with E-state index in [1.165, 1.54) is 12.3 Å². The van der Waals surface area contributed by atoms with Gasteiger partial charge in [-0.25, -0.2) is 0 Å². The fourth-order valence-corrected chi connectivity index (χ4v) is 1.37. The van der Waals surface area contributed by atoms with Crippen molar-refractivity contribution in [2.24, 2.45) is 4.99 Å². The molecule has 104 valence electrons. The number of allylic oxidation sites excluding steroid dienone is 1. The van der Waals surface area contributed by atoms with E-state index in [1.54, 1.807) is 18.5 Å². The van der Waals surface area contributed by atoms with Crippen molar-refractivity contribution in [3.05, 3.63) is 53.9 Å². The summed E-state index contributed by atoms with van der Waals surface area (Å²) in [6, 6.07) is 7.47. The largest absolute Gasteiger partial charge is 0.382 e. The van der Waals surface area contributed by atoms with Gasteiger partial charge in [-0.1, -0.05) is 30.3 Å². The molecule has 0 radical (unpaired) electrons. The highest BCUT2D eigenvalue weighted by atomic mass is 16.1. The number of nitrogens with zero attached hydrogens (tertiary/aromatic N) is 2. The molecule has 0 unspecified atom stereocenters. The number of ketones is 1. The number of hydrogen-bond donors (Lipinski definition) is 0. The van der Waals surface area contributed by atoms with Crippen LogP contribution in [-0.2, 0) is 16.0 Å². The lowest BCUT2D eigenvalue weighted by Gasteiger charge is -2.00. The minimum absolute atomic E-state index is 0.176. The van der Waals surface area contributed by atoms with Gasteiger partial charge in [-0.05, 0) is 17.2 Å². The van der Waals surface area contributed by atoms with Crippen LogP contribution in [0.2, 0.25) is 0 Å². The van der Waals surface area contributed by atoms with Gasteiger partial charge in [0, 0.05) is 32.9 Å². The molecule has 0 aliphatic carbocycles. The zero-order chi connectivity index (χ0) is 14.8. The quantitative estimate of drug-likeness (QED) is 0.433. The van der Waals surface area contributed by atoms with Crippen LogP contribution in [0.3, 0.4) is 0 Å². The fraction of sp³-hybridized carbons (Fsp3) is 0.188. The van der Waals surface area contributed by atoms with Gasteiger partial charge in [0.25, 0.3) is 0 Å². The summed E-state index contributed by atoms with van der Waals surface area (Å²) in [6.45, 7) is 0. The molecule has 0 saturated carbocycles. The molecule has 4 heteroatoms. The van der Waals surface area contributed by atoms with Crippen LogP contribution in [0, 0.1) is 0 Å². The van der Waals surface area contributed by atoms with Crippen molar-refractivity contribution in [1.29, 1.82) is 0 Å². The summed E-state index contributed by atoms with van der Waals surface area (Å²) in [5.41, 5.74) is 1.86. The molecule has 4 nitrogen and oxygen atoms in total. The molecule has 0 N–H and O–H groups in total. The molecule has 0 saturated heterocycles. The first-order chi connectivity index (χ1) is 9.61. The Labute approximate surface area is 119 Å². The van der Waals surface area contributed by atoms with Crippen molar-refractivity contribution in [1.82, 2.24) is 4.90 Å². The average molecular weight is 270 g/mol. The summed E-state index contributed by atoms with van der Waals surface area (Å²) in [5, 5.41) is 0. The van der Waals surface area contributed by atoms with E-state index in [9.17, 15) is 9.59 Å². The van der Waals surface area contributed by atoms with Crippen LogP contribution in [0.15, 0.2) is 47.7 Å². The third-order valence-corrected chi connectivity index (χ3v) is 2.39. The third kappa shape index (κ3) is 6.44. The molecule has 0 spiro atoms. The summed E-state index contributed by atoms with van der Waals surface area (Å²) < 4.78 is 0. The molecule has 0 aromatic heterocycles. The monoisotopic (exact) mass is 270 g/mol. The highest BCUT2D eigenvalue weighted by molar-refractivity contribution is 6.33. The second-order valence-electron chi connectivity index (χ2n) is 4.39. The zero-order valence-corrected chi connectivity index (χ0v) is 11.7. The molecule has 0 bridgehead atoms. The second kappa shape index (κ2) is 8.58. The highest BCUT2D eigenvalue weighted by Crippen LogP contribution is 2.06. The van der Waals surface area contributed by atoms with Crippen LogP contribution in [-0.4, -0.2) is 37.3 Å². The summed E-state index contributed by atoms with van der Waals surface area (Å²) in [5.74, 6) is -0.176. The van der Waals surface area contributed by atoms with Crippen LogP contribution in [0.5, 0.6) is 0 Å². The number of hydrogen-bond acceptors (Lipinski definition) is 4. The number of benzene rings is 1. The Kier molecular flexibility index (Phi) is 6.68. The molecule has 1 aromatic carbocycles. The number of carbonyl (C=O) groups excluding carboxylic acids is 2. The first-order valence-corrected chi connectivity index (χ1v) is 6.22. The van der Waals surface area contributed by atoms with Gasteiger partial charge >= 0.3 is 0 Å². The van der Waals surface area contributed by atoms with Gasteiger partial charge in [0.15, 0.2) is 5.78 Å². The van der Waals surface area contributed by atoms with Gasteiger partial charge in [-0.2, -0.15) is 0 Å². The Balaban J connectivity index is 2.54. The van der Waals surface area contributed by atoms with E-state index in [4.69, 9.17) is 0 Å². The van der Waals surface area contributed by atoms with Gasteiger partial charge in [0.2, 0.25) is 0 Å². The number of carbonyl (C=O) groups is 2. The zero-order valence-electron chi connectivity index (χ0n) is 11.7. The van der Waals surface area contributed by atoms with Crippen molar-refractivity contribution < 1.29 is 9.59 Å². The molecule has 1 rings (SSSR count). The lowest BCUT2D eigenvalue weighted by molar-refractivity contribution is -0.108. The van der Waals surface area contributed by atoms with Crippen molar-refractivity contribution in [2.45, 2.75) is 6.42 Å². The van der Waals surface area contributed by atoms with Gasteiger partial charge < -0.3 is 9.69 Å². The summed E-state index contributed by atoms with van der Waals surface area (Å²) in [7, 11) is 3.75. The third-order valence-electron chi connectivity index (χ3n) is 2.39. The molecule has 20 heavy (non-hydrogen) atoms. The van der Waals surface area contributed by atoms with E-state index in [1.807, 2.05) is 43.3 Å². The lowest BCUT2D eigenvalue weighted by Crippen LogP contribution is -1.99. The molecule has 1 aromatic rings. The number of aldehydes is 1. The van der Waals surface area contributed by atoms with E-state index in [0.717, 1.165) is 17.4 Å². The Morgan fingerprint density at radius 3 is 2.55 bits per heavy atom. The van der Waals surface area contributed by atoms with E-state index < -0.39 is 0 Å². The van der Waals surface area contributed by atoms with Crippen LogP contribution < -0.4 is 0 Å². The predicted molar refractivity (Wildman–Crippen MR) is 81.6 cm³/mol. The Hall–Kier alpha value is -2.49. The van der Waals surface area contributed by atoms with Crippen molar-refractivity contribution >= 4 is 24.4 Å². The molecule has 0 aliphatic heterocycles. The van der Waals surface area contributed by atoms with Gasteiger partial charge in [0.05, 0.1) is 6.21 Å². The number of aliphatic imine (C=N–C) groups is 1. The maximum Gasteiger partial charge on any atom is 0.196 e. The topological polar surface area (TPSA) is 49.7 Å². The fourth-order valence-electron chi connectivity index (χ4n) is 1.37. The van der Waals surface area contributed by atoms with E-state index >= 15 is 0 Å². The Morgan fingerprint density at radius 1 is 1.25 bits per heavy atom. The van der Waals surface area contributed by atoms with Gasteiger partial charge in [-0.15, -0.1) is 0 Å². The minimum atomic E-state index is -0.176. The first kappa shape index (κ1) is 15.6. The summed E-state index contributed by atoms with van der Waals surface area (Å²) in [4.78, 5) is 27.6. The molecular weight excluding hydrogens is 252 g/mol. The van der Waals surface area contributed by atoms with Crippen LogP contribution >= 0.6 is 0 Å². The molecule has 0 atom stereocenters. The van der Waals surface area contributed by atoms with Crippen LogP contribution in [0.1, 0.15) is 11.1 Å². The molecule has 0 amide bonds. The second-order valence-corrected chi connectivity index (χ2v) is 4.39. The average Bonchev–Trinajstić information content (AvgIpc) is 2.43. The van der Waals surface area contributed by atoms with Crippen molar-refractivity contribution in [3.63, 3.8) is 0 Å². The standard InChI is InChI=1S/C16H18N2O2/c1-18(2)11-10-17-13-16(20)8-7-14-3-5-15(6-4-14)9-12-19/h3-8,10-13H,9H2,1-2H3/b8-7+,11-10-,17-13+. The van der Waals surface area contributed by atoms with Crippen LogP contribution in [0.25, 0.3) is 6.08 Å². The smallest absolute Gasteiger partial charge is 0.196 e. The van der Waals surface area contributed by atoms with Crippen LogP contribution in [0.4, 0.5) is 0 Å². The Morgan fingerprint density at radius 2 is 1.95 bits per heavy atom. The predicted octanol–water partition coefficient (Wildman–Crippen LogP) is 2.11. The summed E-state index contributed by atoms with van der Waals surface area (Å²) >= 11 is 0. The maximum absolute atomic E-state index is 11.5. The van der Waals surface area contributed by atoms with Gasteiger partial charge in [0.1, 0.15) is 6.29 Å². The highest BCUT2D eigenvalue weighted by Gasteiger charge is 1.93. The molecule has 0 fully saturated rings. The van der Waals surface area contributed by atoms with Crippen molar-refractivity contribution in [3.8, 4) is 0 Å². The van der Waals surface area contributed by atoms with E-state index in [2.05, 4.69) is 4.99 Å². The molecular formula is C16H18N2O2. The van der Waals surface area contributed by atoms with Crippen molar-refractivity contribution in [2.75, 3.05) is 14.1 Å². The van der Waals surface area contributed by atoms with E-state index in [0.29, 0.717) is 6.42 Å². The summed E-state index contributed by atoms with van der Waals surface area (Å²) in [6.07, 6.45) is 9.02. The van der Waals surface area contributed by atoms with Gasteiger partial charge in [-0.3, -0.25) is 9.79 Å². The number of rotatable bonds is 7.